The highest BCUT2D eigenvalue weighted by atomic mass is 35.7. The van der Waals surface area contributed by atoms with Crippen molar-refractivity contribution in [2.45, 2.75) is 30.3 Å². The van der Waals surface area contributed by atoms with Gasteiger partial charge in [0.05, 0.1) is 10.5 Å². The van der Waals surface area contributed by atoms with Gasteiger partial charge in [0.15, 0.2) is 5.78 Å². The van der Waals surface area contributed by atoms with E-state index in [1.54, 1.807) is 0 Å². The number of benzene rings is 1. The fraction of sp³-hybridized carbons (Fsp3) is 0.500. The smallest absolute Gasteiger partial charge is 0.261 e. The van der Waals surface area contributed by atoms with Crippen LogP contribution in [0.15, 0.2) is 23.1 Å². The van der Waals surface area contributed by atoms with E-state index in [9.17, 15) is 13.2 Å². The van der Waals surface area contributed by atoms with Gasteiger partial charge in [-0.15, -0.1) is 0 Å². The average Bonchev–Trinajstić information content (AvgIpc) is 2.47. The minimum absolute atomic E-state index is 0.0793. The van der Waals surface area contributed by atoms with Crippen molar-refractivity contribution in [2.24, 2.45) is 5.92 Å². The zero-order valence-corrected chi connectivity index (χ0v) is 12.8. The second-order valence-electron chi connectivity index (χ2n) is 5.33. The summed E-state index contributed by atoms with van der Waals surface area (Å²) in [5, 5.41) is 0. The molecule has 1 fully saturated rings. The topological polar surface area (TPSA) is 69.7 Å². The lowest BCUT2D eigenvalue weighted by Gasteiger charge is -2.33. The molecule has 1 unspecified atom stereocenters. The van der Waals surface area contributed by atoms with Crippen LogP contribution in [-0.2, 0) is 13.8 Å². The van der Waals surface area contributed by atoms with Gasteiger partial charge in [-0.2, -0.15) is 0 Å². The molecular formula is C14H15ClO5S. The Kier molecular flexibility index (Phi) is 3.94. The maximum atomic E-state index is 12.3. The molecule has 1 aromatic rings. The van der Waals surface area contributed by atoms with Gasteiger partial charge in [0.25, 0.3) is 9.05 Å². The number of carbonyl (C=O) groups excluding carboxylic acids is 1. The average molecular weight is 331 g/mol. The van der Waals surface area contributed by atoms with Crippen molar-refractivity contribution in [3.8, 4) is 5.75 Å². The Bertz CT molecular complexity index is 664. The third-order valence-electron chi connectivity index (χ3n) is 3.99. The molecule has 7 heteroatoms. The minimum Gasteiger partial charge on any atom is -0.489 e. The molecule has 0 bridgehead atoms. The van der Waals surface area contributed by atoms with E-state index in [4.69, 9.17) is 20.2 Å². The molecule has 0 aliphatic carbocycles. The van der Waals surface area contributed by atoms with Crippen molar-refractivity contribution in [1.29, 1.82) is 0 Å². The fourth-order valence-electron chi connectivity index (χ4n) is 2.83. The molecular weight excluding hydrogens is 316 g/mol. The Morgan fingerprint density at radius 1 is 1.19 bits per heavy atom. The number of ether oxygens (including phenoxy) is 2. The van der Waals surface area contributed by atoms with Crippen molar-refractivity contribution in [3.63, 3.8) is 0 Å². The van der Waals surface area contributed by atoms with Gasteiger partial charge in [-0.05, 0) is 31.0 Å². The first-order valence-electron chi connectivity index (χ1n) is 6.81. The van der Waals surface area contributed by atoms with E-state index in [-0.39, 0.29) is 23.2 Å². The minimum atomic E-state index is -3.85. The van der Waals surface area contributed by atoms with E-state index in [0.717, 1.165) is 12.8 Å². The van der Waals surface area contributed by atoms with Gasteiger partial charge in [0.1, 0.15) is 11.9 Å². The van der Waals surface area contributed by atoms with Crippen LogP contribution in [0.2, 0.25) is 0 Å². The largest absolute Gasteiger partial charge is 0.489 e. The second kappa shape index (κ2) is 5.59. The van der Waals surface area contributed by atoms with Crippen LogP contribution in [0.4, 0.5) is 0 Å². The Labute approximate surface area is 127 Å². The highest BCUT2D eigenvalue weighted by Crippen LogP contribution is 2.35. The van der Waals surface area contributed by atoms with Crippen molar-refractivity contribution < 1.29 is 22.7 Å². The first-order valence-corrected chi connectivity index (χ1v) is 9.12. The summed E-state index contributed by atoms with van der Waals surface area (Å²) in [6, 6.07) is 4.16. The molecule has 0 saturated carbocycles. The number of ketones is 1. The Morgan fingerprint density at radius 3 is 2.57 bits per heavy atom. The monoisotopic (exact) mass is 330 g/mol. The van der Waals surface area contributed by atoms with Crippen molar-refractivity contribution in [2.75, 3.05) is 13.2 Å². The van der Waals surface area contributed by atoms with Gasteiger partial charge < -0.3 is 9.47 Å². The van der Waals surface area contributed by atoms with Gasteiger partial charge in [-0.3, -0.25) is 4.79 Å². The normalized spacial score (nSPS) is 23.5. The summed E-state index contributed by atoms with van der Waals surface area (Å²) in [7, 11) is 1.46. The summed E-state index contributed by atoms with van der Waals surface area (Å²) in [4.78, 5) is 12.2. The van der Waals surface area contributed by atoms with Gasteiger partial charge in [0, 0.05) is 36.2 Å². The predicted molar refractivity (Wildman–Crippen MR) is 76.4 cm³/mol. The molecule has 1 atom stereocenters. The molecule has 0 radical (unpaired) electrons. The van der Waals surface area contributed by atoms with Crippen LogP contribution < -0.4 is 4.74 Å². The lowest BCUT2D eigenvalue weighted by Crippen LogP contribution is -2.36. The van der Waals surface area contributed by atoms with E-state index in [0.29, 0.717) is 30.4 Å². The van der Waals surface area contributed by atoms with Crippen LogP contribution in [0.3, 0.4) is 0 Å². The highest BCUT2D eigenvalue weighted by Gasteiger charge is 2.33. The number of rotatable bonds is 2. The van der Waals surface area contributed by atoms with Crippen LogP contribution in [0.25, 0.3) is 0 Å². The Hall–Kier alpha value is -1.11. The van der Waals surface area contributed by atoms with Crippen molar-refractivity contribution >= 4 is 25.5 Å². The number of hydrogen-bond donors (Lipinski definition) is 0. The van der Waals surface area contributed by atoms with Crippen LogP contribution in [0.5, 0.6) is 5.75 Å². The molecule has 3 rings (SSSR count). The van der Waals surface area contributed by atoms with Crippen LogP contribution in [0.1, 0.15) is 29.6 Å². The second-order valence-corrected chi connectivity index (χ2v) is 7.90. The zero-order valence-electron chi connectivity index (χ0n) is 11.2. The first kappa shape index (κ1) is 14.8. The first-order chi connectivity index (χ1) is 9.95. The molecule has 1 aromatic carbocycles. The molecule has 0 N–H and O–H groups in total. The van der Waals surface area contributed by atoms with Gasteiger partial charge in [-0.1, -0.05) is 0 Å². The molecule has 1 saturated heterocycles. The molecule has 0 aromatic heterocycles. The van der Waals surface area contributed by atoms with E-state index in [1.165, 1.54) is 18.2 Å². The Morgan fingerprint density at radius 2 is 1.90 bits per heavy atom. The summed E-state index contributed by atoms with van der Waals surface area (Å²) in [6.07, 6.45) is 1.86. The van der Waals surface area contributed by atoms with Crippen LogP contribution in [-0.4, -0.2) is 33.5 Å². The van der Waals surface area contributed by atoms with Crippen molar-refractivity contribution in [3.05, 3.63) is 23.8 Å². The SMILES string of the molecule is O=C1CC(C2CCOCC2)Oc2ccc(S(=O)(=O)Cl)cc21. The quantitative estimate of drug-likeness (QED) is 0.779. The summed E-state index contributed by atoms with van der Waals surface area (Å²) >= 11 is 0. The Balaban J connectivity index is 1.87. The van der Waals surface area contributed by atoms with E-state index >= 15 is 0 Å². The van der Waals surface area contributed by atoms with E-state index in [2.05, 4.69) is 0 Å². The molecule has 2 aliphatic heterocycles. The number of Topliss-reactive ketones (excluding diaryl/α,β-unsaturated/α-hetero) is 1. The maximum absolute atomic E-state index is 12.3. The van der Waals surface area contributed by atoms with Crippen molar-refractivity contribution in [1.82, 2.24) is 0 Å². The summed E-state index contributed by atoms with van der Waals surface area (Å²) in [5.74, 6) is 0.633. The predicted octanol–water partition coefficient (Wildman–Crippen LogP) is 2.37. The zero-order chi connectivity index (χ0) is 15.0. The molecule has 21 heavy (non-hydrogen) atoms. The molecule has 0 spiro atoms. The van der Waals surface area contributed by atoms with Gasteiger partial charge in [0.2, 0.25) is 0 Å². The summed E-state index contributed by atoms with van der Waals surface area (Å²) in [6.45, 7) is 1.38. The van der Waals surface area contributed by atoms with Crippen LogP contribution >= 0.6 is 10.7 Å². The third kappa shape index (κ3) is 3.07. The number of fused-ring (bicyclic) bond motifs is 1. The number of carbonyl (C=O) groups is 1. The lowest BCUT2D eigenvalue weighted by atomic mass is 9.87. The molecule has 2 heterocycles. The number of halogens is 1. The molecule has 114 valence electrons. The standard InChI is InChI=1S/C14H15ClO5S/c15-21(17,18)10-1-2-13-11(7-10)12(16)8-14(20-13)9-3-5-19-6-4-9/h1-2,7,9,14H,3-6,8H2. The van der Waals surface area contributed by atoms with E-state index < -0.39 is 9.05 Å². The summed E-state index contributed by atoms with van der Waals surface area (Å²) < 4.78 is 33.9. The fourth-order valence-corrected chi connectivity index (χ4v) is 3.61. The van der Waals surface area contributed by atoms with E-state index in [1.807, 2.05) is 0 Å². The number of hydrogen-bond acceptors (Lipinski definition) is 5. The van der Waals surface area contributed by atoms with Gasteiger partial charge in [-0.25, -0.2) is 8.42 Å². The molecule has 0 amide bonds. The molecule has 5 nitrogen and oxygen atoms in total. The lowest BCUT2D eigenvalue weighted by molar-refractivity contribution is 0.0119. The maximum Gasteiger partial charge on any atom is 0.261 e. The van der Waals surface area contributed by atoms with Crippen LogP contribution in [0, 0.1) is 5.92 Å². The summed E-state index contributed by atoms with van der Waals surface area (Å²) in [5.41, 5.74) is 0.292. The highest BCUT2D eigenvalue weighted by molar-refractivity contribution is 8.13. The molecule has 2 aliphatic rings. The third-order valence-corrected chi connectivity index (χ3v) is 5.34. The van der Waals surface area contributed by atoms with Gasteiger partial charge >= 0.3 is 0 Å².